The Morgan fingerprint density at radius 3 is 2.18 bits per heavy atom. The minimum atomic E-state index is -0.291. The van der Waals surface area contributed by atoms with Crippen molar-refractivity contribution in [2.45, 2.75) is 19.6 Å². The van der Waals surface area contributed by atoms with Crippen LogP contribution in [0.15, 0.2) is 37.8 Å². The lowest BCUT2D eigenvalue weighted by atomic mass is 10.4. The quantitative estimate of drug-likeness (QED) is 0.332. The summed E-state index contributed by atoms with van der Waals surface area (Å²) in [5.41, 5.74) is 0. The molecule has 0 saturated heterocycles. The van der Waals surface area contributed by atoms with Gasteiger partial charge in [-0.25, -0.2) is 0 Å². The van der Waals surface area contributed by atoms with Crippen molar-refractivity contribution in [2.75, 3.05) is 0 Å². The first-order valence-corrected chi connectivity index (χ1v) is 3.49. The molecular weight excluding hydrogens is 140 g/mol. The molecule has 0 aliphatic heterocycles. The van der Waals surface area contributed by atoms with E-state index in [-0.39, 0.29) is 6.29 Å². The second kappa shape index (κ2) is 6.93. The SMILES string of the molecule is C=COC(C/C=C/C)OC=C. The molecule has 0 aromatic heterocycles. The molecule has 0 N–H and O–H groups in total. The highest BCUT2D eigenvalue weighted by Gasteiger charge is 2.02. The van der Waals surface area contributed by atoms with Crippen LogP contribution in [0, 0.1) is 0 Å². The fraction of sp³-hybridized carbons (Fsp3) is 0.333. The fourth-order valence-corrected chi connectivity index (χ4v) is 0.605. The zero-order valence-corrected chi connectivity index (χ0v) is 6.82. The Morgan fingerprint density at radius 2 is 1.82 bits per heavy atom. The van der Waals surface area contributed by atoms with Gasteiger partial charge in [0.05, 0.1) is 12.5 Å². The van der Waals surface area contributed by atoms with E-state index < -0.39 is 0 Å². The Morgan fingerprint density at radius 1 is 1.27 bits per heavy atom. The van der Waals surface area contributed by atoms with Crippen molar-refractivity contribution >= 4 is 0 Å². The van der Waals surface area contributed by atoms with Crippen molar-refractivity contribution in [3.05, 3.63) is 37.8 Å². The van der Waals surface area contributed by atoms with Crippen LogP contribution in [0.1, 0.15) is 13.3 Å². The van der Waals surface area contributed by atoms with Crippen molar-refractivity contribution in [3.63, 3.8) is 0 Å². The van der Waals surface area contributed by atoms with E-state index in [4.69, 9.17) is 9.47 Å². The molecule has 0 fully saturated rings. The molecule has 11 heavy (non-hydrogen) atoms. The Hall–Kier alpha value is -1.18. The van der Waals surface area contributed by atoms with Gasteiger partial charge in [0.15, 0.2) is 0 Å². The monoisotopic (exact) mass is 154 g/mol. The highest BCUT2D eigenvalue weighted by atomic mass is 16.7. The summed E-state index contributed by atoms with van der Waals surface area (Å²) >= 11 is 0. The molecule has 0 radical (unpaired) electrons. The van der Waals surface area contributed by atoms with Crippen molar-refractivity contribution in [3.8, 4) is 0 Å². The molecule has 0 aliphatic carbocycles. The maximum atomic E-state index is 5.00. The molecule has 0 heterocycles. The molecule has 0 spiro atoms. The zero-order valence-electron chi connectivity index (χ0n) is 6.82. The predicted octanol–water partition coefficient (Wildman–Crippen LogP) is 2.60. The predicted molar refractivity (Wildman–Crippen MR) is 45.8 cm³/mol. The largest absolute Gasteiger partial charge is 0.463 e. The Bertz CT molecular complexity index is 128. The van der Waals surface area contributed by atoms with E-state index in [0.29, 0.717) is 6.42 Å². The number of hydrogen-bond acceptors (Lipinski definition) is 2. The smallest absolute Gasteiger partial charge is 0.242 e. The maximum absolute atomic E-state index is 5.00. The van der Waals surface area contributed by atoms with E-state index in [1.165, 1.54) is 12.5 Å². The molecule has 0 aromatic carbocycles. The third-order valence-electron chi connectivity index (χ3n) is 1.06. The zero-order chi connectivity index (χ0) is 8.53. The highest BCUT2D eigenvalue weighted by molar-refractivity contribution is 4.79. The minimum Gasteiger partial charge on any atom is -0.463 e. The highest BCUT2D eigenvalue weighted by Crippen LogP contribution is 2.02. The standard InChI is InChI=1S/C9H14O2/c1-4-7-8-9(10-5-2)11-6-3/h4-7,9H,2-3,8H2,1H3/b7-4+. The van der Waals surface area contributed by atoms with E-state index in [9.17, 15) is 0 Å². The van der Waals surface area contributed by atoms with E-state index >= 15 is 0 Å². The molecule has 0 amide bonds. The van der Waals surface area contributed by atoms with E-state index in [0.717, 1.165) is 0 Å². The molecular formula is C9H14O2. The Kier molecular flexibility index (Phi) is 6.19. The third-order valence-corrected chi connectivity index (χ3v) is 1.06. The lowest BCUT2D eigenvalue weighted by Crippen LogP contribution is -2.09. The van der Waals surface area contributed by atoms with Crippen LogP contribution in [0.2, 0.25) is 0 Å². The van der Waals surface area contributed by atoms with Gasteiger partial charge in [-0.3, -0.25) is 0 Å². The average Bonchev–Trinajstić information content (AvgIpc) is 2.01. The van der Waals surface area contributed by atoms with Gasteiger partial charge in [-0.2, -0.15) is 0 Å². The summed E-state index contributed by atoms with van der Waals surface area (Å²) in [5, 5.41) is 0. The van der Waals surface area contributed by atoms with Crippen LogP contribution >= 0.6 is 0 Å². The molecule has 2 nitrogen and oxygen atoms in total. The van der Waals surface area contributed by atoms with Gasteiger partial charge in [-0.15, -0.1) is 0 Å². The van der Waals surface area contributed by atoms with E-state index in [1.54, 1.807) is 0 Å². The first-order chi connectivity index (χ1) is 5.35. The van der Waals surface area contributed by atoms with Gasteiger partial charge in [-0.05, 0) is 6.92 Å². The lowest BCUT2D eigenvalue weighted by Gasteiger charge is -2.12. The molecule has 0 atom stereocenters. The molecule has 0 rings (SSSR count). The first kappa shape index (κ1) is 9.82. The topological polar surface area (TPSA) is 18.5 Å². The molecule has 0 aromatic rings. The molecule has 0 unspecified atom stereocenters. The van der Waals surface area contributed by atoms with Crippen molar-refractivity contribution in [1.82, 2.24) is 0 Å². The van der Waals surface area contributed by atoms with Gasteiger partial charge in [0.2, 0.25) is 6.29 Å². The van der Waals surface area contributed by atoms with Crippen molar-refractivity contribution in [1.29, 1.82) is 0 Å². The van der Waals surface area contributed by atoms with Gasteiger partial charge in [0.25, 0.3) is 0 Å². The van der Waals surface area contributed by atoms with Crippen LogP contribution in [0.5, 0.6) is 0 Å². The van der Waals surface area contributed by atoms with Gasteiger partial charge in [-0.1, -0.05) is 25.3 Å². The lowest BCUT2D eigenvalue weighted by molar-refractivity contribution is -0.0571. The third kappa shape index (κ3) is 5.27. The second-order valence-electron chi connectivity index (χ2n) is 1.84. The molecule has 0 bridgehead atoms. The van der Waals surface area contributed by atoms with Crippen LogP contribution < -0.4 is 0 Å². The number of hydrogen-bond donors (Lipinski definition) is 0. The molecule has 62 valence electrons. The summed E-state index contributed by atoms with van der Waals surface area (Å²) in [7, 11) is 0. The summed E-state index contributed by atoms with van der Waals surface area (Å²) in [5.74, 6) is 0. The molecule has 0 aliphatic rings. The Balaban J connectivity index is 3.66. The number of allylic oxidation sites excluding steroid dienone is 1. The van der Waals surface area contributed by atoms with Gasteiger partial charge >= 0.3 is 0 Å². The molecule has 0 saturated carbocycles. The van der Waals surface area contributed by atoms with E-state index in [2.05, 4.69) is 13.2 Å². The normalized spacial score (nSPS) is 10.0. The van der Waals surface area contributed by atoms with Crippen molar-refractivity contribution < 1.29 is 9.47 Å². The number of ether oxygens (including phenoxy) is 2. The summed E-state index contributed by atoms with van der Waals surface area (Å²) in [6, 6.07) is 0. The van der Waals surface area contributed by atoms with Crippen LogP contribution in [0.25, 0.3) is 0 Å². The second-order valence-corrected chi connectivity index (χ2v) is 1.84. The van der Waals surface area contributed by atoms with E-state index in [1.807, 2.05) is 19.1 Å². The van der Waals surface area contributed by atoms with Crippen LogP contribution in [-0.4, -0.2) is 6.29 Å². The number of rotatable bonds is 6. The average molecular weight is 154 g/mol. The van der Waals surface area contributed by atoms with Gasteiger partial charge < -0.3 is 9.47 Å². The summed E-state index contributed by atoms with van der Waals surface area (Å²) in [6.07, 6.45) is 7.02. The maximum Gasteiger partial charge on any atom is 0.242 e. The summed E-state index contributed by atoms with van der Waals surface area (Å²) in [6.45, 7) is 8.80. The van der Waals surface area contributed by atoms with Crippen LogP contribution in [0.4, 0.5) is 0 Å². The Labute approximate surface area is 67.8 Å². The van der Waals surface area contributed by atoms with Crippen LogP contribution in [0.3, 0.4) is 0 Å². The van der Waals surface area contributed by atoms with Gasteiger partial charge in [0, 0.05) is 6.42 Å². The van der Waals surface area contributed by atoms with Crippen LogP contribution in [-0.2, 0) is 9.47 Å². The first-order valence-electron chi connectivity index (χ1n) is 3.49. The fourth-order valence-electron chi connectivity index (χ4n) is 0.605. The molecule has 2 heteroatoms. The summed E-state index contributed by atoms with van der Waals surface area (Å²) in [4.78, 5) is 0. The minimum absolute atomic E-state index is 0.291. The summed E-state index contributed by atoms with van der Waals surface area (Å²) < 4.78 is 10.0. The van der Waals surface area contributed by atoms with Gasteiger partial charge in [0.1, 0.15) is 0 Å². The van der Waals surface area contributed by atoms with Crippen molar-refractivity contribution in [2.24, 2.45) is 0 Å².